The Morgan fingerprint density at radius 2 is 2.00 bits per heavy atom. The molecule has 0 aromatic rings. The van der Waals surface area contributed by atoms with Crippen LogP contribution < -0.4 is 11.1 Å². The Hall–Kier alpha value is -0.610. The lowest BCUT2D eigenvalue weighted by molar-refractivity contribution is -0.128. The third kappa shape index (κ3) is 4.58. The second kappa shape index (κ2) is 7.74. The van der Waals surface area contributed by atoms with Gasteiger partial charge in [0.2, 0.25) is 5.91 Å². The van der Waals surface area contributed by atoms with Crippen LogP contribution in [0.4, 0.5) is 0 Å². The van der Waals surface area contributed by atoms with Gasteiger partial charge in [-0.3, -0.25) is 4.79 Å². The molecule has 4 nitrogen and oxygen atoms in total. The van der Waals surface area contributed by atoms with Crippen LogP contribution in [0.3, 0.4) is 0 Å². The summed E-state index contributed by atoms with van der Waals surface area (Å²) in [7, 11) is 1.70. The molecule has 1 saturated carbocycles. The molecule has 0 aliphatic heterocycles. The van der Waals surface area contributed by atoms with Crippen molar-refractivity contribution in [3.05, 3.63) is 0 Å². The summed E-state index contributed by atoms with van der Waals surface area (Å²) in [5.41, 5.74) is 6.07. The minimum absolute atomic E-state index is 0.0959. The molecule has 18 heavy (non-hydrogen) atoms. The highest BCUT2D eigenvalue weighted by Crippen LogP contribution is 2.32. The lowest BCUT2D eigenvalue weighted by Crippen LogP contribution is -2.45. The SMILES string of the molecule is COCCCCNC(=O)C1CC(N)C(C)CC1C. The molecule has 0 heterocycles. The van der Waals surface area contributed by atoms with Crippen LogP contribution in [0, 0.1) is 17.8 Å². The van der Waals surface area contributed by atoms with Gasteiger partial charge in [-0.2, -0.15) is 0 Å². The Labute approximate surface area is 111 Å². The number of hydrogen-bond acceptors (Lipinski definition) is 3. The number of methoxy groups -OCH3 is 1. The molecule has 0 bridgehead atoms. The summed E-state index contributed by atoms with van der Waals surface area (Å²) in [6, 6.07) is 0.172. The van der Waals surface area contributed by atoms with Crippen molar-refractivity contribution in [3.63, 3.8) is 0 Å². The average molecular weight is 256 g/mol. The quantitative estimate of drug-likeness (QED) is 0.709. The average Bonchev–Trinajstić information content (AvgIpc) is 2.33. The molecule has 0 radical (unpaired) electrons. The predicted octanol–water partition coefficient (Wildman–Crippen LogP) is 1.54. The van der Waals surface area contributed by atoms with Gasteiger partial charge in [-0.25, -0.2) is 0 Å². The Morgan fingerprint density at radius 3 is 2.67 bits per heavy atom. The number of rotatable bonds is 6. The van der Waals surface area contributed by atoms with Crippen molar-refractivity contribution < 1.29 is 9.53 Å². The third-order valence-corrected chi connectivity index (χ3v) is 4.10. The molecule has 1 fully saturated rings. The van der Waals surface area contributed by atoms with Crippen molar-refractivity contribution in [2.75, 3.05) is 20.3 Å². The smallest absolute Gasteiger partial charge is 0.223 e. The molecular weight excluding hydrogens is 228 g/mol. The molecular formula is C14H28N2O2. The second-order valence-electron chi connectivity index (χ2n) is 5.69. The van der Waals surface area contributed by atoms with Gasteiger partial charge in [0.1, 0.15) is 0 Å². The van der Waals surface area contributed by atoms with E-state index >= 15 is 0 Å². The van der Waals surface area contributed by atoms with E-state index in [1.54, 1.807) is 7.11 Å². The lowest BCUT2D eigenvalue weighted by Gasteiger charge is -2.36. The topological polar surface area (TPSA) is 64.3 Å². The summed E-state index contributed by atoms with van der Waals surface area (Å²) < 4.78 is 4.98. The van der Waals surface area contributed by atoms with E-state index in [4.69, 9.17) is 10.5 Å². The van der Waals surface area contributed by atoms with E-state index in [9.17, 15) is 4.79 Å². The van der Waals surface area contributed by atoms with Gasteiger partial charge in [-0.05, 0) is 37.5 Å². The molecule has 4 atom stereocenters. The minimum Gasteiger partial charge on any atom is -0.385 e. The fraction of sp³-hybridized carbons (Fsp3) is 0.929. The number of nitrogens with one attached hydrogen (secondary N) is 1. The Kier molecular flexibility index (Phi) is 6.65. The Balaban J connectivity index is 2.28. The van der Waals surface area contributed by atoms with Gasteiger partial charge in [0, 0.05) is 32.2 Å². The summed E-state index contributed by atoms with van der Waals surface area (Å²) in [4.78, 5) is 12.1. The molecule has 0 aromatic carbocycles. The monoisotopic (exact) mass is 256 g/mol. The minimum atomic E-state index is 0.0959. The Morgan fingerprint density at radius 1 is 1.28 bits per heavy atom. The number of carbonyl (C=O) groups is 1. The third-order valence-electron chi connectivity index (χ3n) is 4.10. The molecule has 0 spiro atoms. The first-order valence-electron chi connectivity index (χ1n) is 7.08. The number of ether oxygens (including phenoxy) is 1. The van der Waals surface area contributed by atoms with Crippen molar-refractivity contribution >= 4 is 5.91 Å². The van der Waals surface area contributed by atoms with Crippen LogP contribution in [0.25, 0.3) is 0 Å². The number of amides is 1. The fourth-order valence-electron chi connectivity index (χ4n) is 2.76. The first-order valence-corrected chi connectivity index (χ1v) is 7.08. The number of nitrogens with two attached hydrogens (primary N) is 1. The normalized spacial score (nSPS) is 32.2. The van der Waals surface area contributed by atoms with Crippen molar-refractivity contribution in [3.8, 4) is 0 Å². The molecule has 0 saturated heterocycles. The highest BCUT2D eigenvalue weighted by Gasteiger charge is 2.34. The van der Waals surface area contributed by atoms with E-state index in [2.05, 4.69) is 19.2 Å². The molecule has 0 aromatic heterocycles. The van der Waals surface area contributed by atoms with Crippen LogP contribution in [-0.4, -0.2) is 32.2 Å². The van der Waals surface area contributed by atoms with E-state index in [-0.39, 0.29) is 17.9 Å². The number of carbonyl (C=O) groups excluding carboxylic acids is 1. The summed E-state index contributed by atoms with van der Waals surface area (Å²) in [6.45, 7) is 5.85. The van der Waals surface area contributed by atoms with Gasteiger partial charge in [-0.1, -0.05) is 13.8 Å². The molecule has 4 heteroatoms. The predicted molar refractivity (Wildman–Crippen MR) is 73.1 cm³/mol. The molecule has 4 unspecified atom stereocenters. The standard InChI is InChI=1S/C14H28N2O2/c1-10-8-11(2)13(15)9-12(10)14(17)16-6-4-5-7-18-3/h10-13H,4-9,15H2,1-3H3,(H,16,17). The van der Waals surface area contributed by atoms with Crippen molar-refractivity contribution in [2.45, 2.75) is 45.6 Å². The maximum Gasteiger partial charge on any atom is 0.223 e. The van der Waals surface area contributed by atoms with E-state index < -0.39 is 0 Å². The number of hydrogen-bond donors (Lipinski definition) is 2. The zero-order valence-electron chi connectivity index (χ0n) is 11.9. The maximum absolute atomic E-state index is 12.1. The first-order chi connectivity index (χ1) is 8.56. The molecule has 1 amide bonds. The number of unbranched alkanes of at least 4 members (excludes halogenated alkanes) is 1. The maximum atomic E-state index is 12.1. The van der Waals surface area contributed by atoms with Gasteiger partial charge >= 0.3 is 0 Å². The zero-order chi connectivity index (χ0) is 13.5. The van der Waals surface area contributed by atoms with Gasteiger partial charge in [0.15, 0.2) is 0 Å². The van der Waals surface area contributed by atoms with Gasteiger partial charge in [0.05, 0.1) is 0 Å². The van der Waals surface area contributed by atoms with E-state index in [1.807, 2.05) is 0 Å². The van der Waals surface area contributed by atoms with Crippen LogP contribution >= 0.6 is 0 Å². The van der Waals surface area contributed by atoms with E-state index in [1.165, 1.54) is 0 Å². The molecule has 1 aliphatic carbocycles. The Bertz CT molecular complexity index is 258. The fourth-order valence-corrected chi connectivity index (χ4v) is 2.76. The van der Waals surface area contributed by atoms with Gasteiger partial charge < -0.3 is 15.8 Å². The summed E-state index contributed by atoms with van der Waals surface area (Å²) in [6.07, 6.45) is 3.85. The van der Waals surface area contributed by atoms with Crippen molar-refractivity contribution in [2.24, 2.45) is 23.5 Å². The zero-order valence-corrected chi connectivity index (χ0v) is 11.9. The summed E-state index contributed by atoms with van der Waals surface area (Å²) >= 11 is 0. The van der Waals surface area contributed by atoms with Crippen LogP contribution in [0.1, 0.15) is 39.5 Å². The van der Waals surface area contributed by atoms with E-state index in [0.29, 0.717) is 11.8 Å². The van der Waals surface area contributed by atoms with Crippen LogP contribution in [-0.2, 0) is 9.53 Å². The van der Waals surface area contributed by atoms with Gasteiger partial charge in [-0.15, -0.1) is 0 Å². The van der Waals surface area contributed by atoms with Crippen molar-refractivity contribution in [1.29, 1.82) is 0 Å². The molecule has 1 aliphatic rings. The van der Waals surface area contributed by atoms with E-state index in [0.717, 1.165) is 38.8 Å². The summed E-state index contributed by atoms with van der Waals surface area (Å²) in [5.74, 6) is 1.26. The van der Waals surface area contributed by atoms with Gasteiger partial charge in [0.25, 0.3) is 0 Å². The van der Waals surface area contributed by atoms with Crippen LogP contribution in [0.5, 0.6) is 0 Å². The first kappa shape index (κ1) is 15.4. The van der Waals surface area contributed by atoms with Crippen LogP contribution in [0.15, 0.2) is 0 Å². The molecule has 1 rings (SSSR count). The second-order valence-corrected chi connectivity index (χ2v) is 5.69. The molecule has 3 N–H and O–H groups in total. The summed E-state index contributed by atoms with van der Waals surface area (Å²) in [5, 5.41) is 3.03. The largest absolute Gasteiger partial charge is 0.385 e. The van der Waals surface area contributed by atoms with Crippen molar-refractivity contribution in [1.82, 2.24) is 5.32 Å². The molecule has 106 valence electrons. The highest BCUT2D eigenvalue weighted by atomic mass is 16.5. The highest BCUT2D eigenvalue weighted by molar-refractivity contribution is 5.79. The van der Waals surface area contributed by atoms with Crippen LogP contribution in [0.2, 0.25) is 0 Å². The lowest BCUT2D eigenvalue weighted by atomic mass is 9.72.